The van der Waals surface area contributed by atoms with E-state index in [0.29, 0.717) is 16.9 Å². The van der Waals surface area contributed by atoms with Gasteiger partial charge in [-0.15, -0.1) is 0 Å². The Balaban J connectivity index is 2.04. The molecule has 0 spiro atoms. The lowest BCUT2D eigenvalue weighted by molar-refractivity contribution is 0.434. The van der Waals surface area contributed by atoms with Crippen molar-refractivity contribution in [2.75, 3.05) is 0 Å². The molecule has 1 aromatic heterocycles. The number of hydrogen-bond donors (Lipinski definition) is 1. The molecular formula is C21H12Cl2FNO2. The Morgan fingerprint density at radius 2 is 1.63 bits per heavy atom. The van der Waals surface area contributed by atoms with E-state index in [1.165, 1.54) is 24.3 Å². The summed E-state index contributed by atoms with van der Waals surface area (Å²) >= 11 is 12.5. The molecule has 1 heterocycles. The first-order valence-electron chi connectivity index (χ1n) is 8.04. The highest BCUT2D eigenvalue weighted by Crippen LogP contribution is 2.44. The standard InChI is InChI=1S/C21H12Cl2FNO2/c22-15-7-4-8-17(24)19(15)20-18(12-5-2-1-3-6-12)21(27-25-20)14-10-9-13(26)11-16(14)23/h1-11,26H. The van der Waals surface area contributed by atoms with Gasteiger partial charge < -0.3 is 9.63 Å². The van der Waals surface area contributed by atoms with Crippen molar-refractivity contribution < 1.29 is 14.0 Å². The predicted octanol–water partition coefficient (Wildman–Crippen LogP) is 6.83. The number of nitrogens with zero attached hydrogens (tertiary/aromatic N) is 1. The third-order valence-electron chi connectivity index (χ3n) is 4.15. The SMILES string of the molecule is Oc1ccc(-c2onc(-c3c(F)cccc3Cl)c2-c2ccccc2)c(Cl)c1. The van der Waals surface area contributed by atoms with E-state index in [0.717, 1.165) is 5.56 Å². The van der Waals surface area contributed by atoms with Gasteiger partial charge in [-0.3, -0.25) is 0 Å². The summed E-state index contributed by atoms with van der Waals surface area (Å²) in [6.45, 7) is 0. The molecule has 4 aromatic rings. The van der Waals surface area contributed by atoms with Crippen LogP contribution in [0.25, 0.3) is 33.7 Å². The van der Waals surface area contributed by atoms with Gasteiger partial charge in [-0.25, -0.2) is 4.39 Å². The summed E-state index contributed by atoms with van der Waals surface area (Å²) in [5, 5.41) is 14.2. The number of phenolic OH excluding ortho intramolecular Hbond substituents is 1. The van der Waals surface area contributed by atoms with Crippen LogP contribution in [-0.2, 0) is 0 Å². The van der Waals surface area contributed by atoms with Crippen LogP contribution >= 0.6 is 23.2 Å². The Kier molecular flexibility index (Phi) is 4.60. The molecule has 27 heavy (non-hydrogen) atoms. The fraction of sp³-hybridized carbons (Fsp3) is 0. The molecule has 0 radical (unpaired) electrons. The van der Waals surface area contributed by atoms with E-state index in [-0.39, 0.29) is 27.1 Å². The monoisotopic (exact) mass is 399 g/mol. The van der Waals surface area contributed by atoms with Gasteiger partial charge in [0.2, 0.25) is 0 Å². The van der Waals surface area contributed by atoms with Gasteiger partial charge in [0.25, 0.3) is 0 Å². The van der Waals surface area contributed by atoms with Crippen molar-refractivity contribution in [3.8, 4) is 39.5 Å². The highest BCUT2D eigenvalue weighted by Gasteiger charge is 2.25. The maximum Gasteiger partial charge on any atom is 0.176 e. The molecule has 1 N–H and O–H groups in total. The highest BCUT2D eigenvalue weighted by molar-refractivity contribution is 6.34. The quantitative estimate of drug-likeness (QED) is 0.410. The fourth-order valence-corrected chi connectivity index (χ4v) is 3.44. The van der Waals surface area contributed by atoms with Gasteiger partial charge in [-0.2, -0.15) is 0 Å². The van der Waals surface area contributed by atoms with Crippen LogP contribution in [0, 0.1) is 5.82 Å². The zero-order valence-electron chi connectivity index (χ0n) is 13.8. The second kappa shape index (κ2) is 7.06. The van der Waals surface area contributed by atoms with E-state index in [9.17, 15) is 9.50 Å². The number of aromatic hydroxyl groups is 1. The average molecular weight is 400 g/mol. The van der Waals surface area contributed by atoms with E-state index < -0.39 is 5.82 Å². The summed E-state index contributed by atoms with van der Waals surface area (Å²) in [6, 6.07) is 18.3. The van der Waals surface area contributed by atoms with Crippen molar-refractivity contribution in [2.24, 2.45) is 0 Å². The maximum atomic E-state index is 14.6. The van der Waals surface area contributed by atoms with Gasteiger partial charge in [0.15, 0.2) is 5.76 Å². The van der Waals surface area contributed by atoms with Crippen LogP contribution in [0.4, 0.5) is 4.39 Å². The van der Waals surface area contributed by atoms with Crippen LogP contribution < -0.4 is 0 Å². The summed E-state index contributed by atoms with van der Waals surface area (Å²) in [7, 11) is 0. The van der Waals surface area contributed by atoms with Crippen molar-refractivity contribution in [1.82, 2.24) is 5.16 Å². The number of halogens is 3. The molecule has 0 amide bonds. The van der Waals surface area contributed by atoms with Gasteiger partial charge in [-0.05, 0) is 35.9 Å². The van der Waals surface area contributed by atoms with E-state index in [1.54, 1.807) is 12.1 Å². The first-order valence-corrected chi connectivity index (χ1v) is 8.80. The lowest BCUT2D eigenvalue weighted by Crippen LogP contribution is -1.90. The Morgan fingerprint density at radius 1 is 0.852 bits per heavy atom. The number of aromatic nitrogens is 1. The van der Waals surface area contributed by atoms with Crippen molar-refractivity contribution in [3.63, 3.8) is 0 Å². The number of phenols is 1. The molecule has 0 fully saturated rings. The van der Waals surface area contributed by atoms with Crippen LogP contribution in [-0.4, -0.2) is 10.3 Å². The molecule has 0 aliphatic heterocycles. The first kappa shape index (κ1) is 17.6. The Hall–Kier alpha value is -2.82. The lowest BCUT2D eigenvalue weighted by Gasteiger charge is -2.08. The third kappa shape index (κ3) is 3.18. The molecule has 0 aliphatic carbocycles. The molecule has 0 bridgehead atoms. The first-order chi connectivity index (χ1) is 13.1. The minimum absolute atomic E-state index is 0.0295. The normalized spacial score (nSPS) is 10.9. The topological polar surface area (TPSA) is 46.3 Å². The molecule has 134 valence electrons. The van der Waals surface area contributed by atoms with Crippen molar-refractivity contribution in [2.45, 2.75) is 0 Å². The molecule has 3 aromatic carbocycles. The second-order valence-corrected chi connectivity index (χ2v) is 6.68. The molecule has 6 heteroatoms. The molecule has 0 saturated heterocycles. The molecule has 3 nitrogen and oxygen atoms in total. The molecular weight excluding hydrogens is 388 g/mol. The van der Waals surface area contributed by atoms with E-state index >= 15 is 0 Å². The smallest absolute Gasteiger partial charge is 0.176 e. The summed E-state index contributed by atoms with van der Waals surface area (Å²) < 4.78 is 20.1. The minimum atomic E-state index is -0.503. The van der Waals surface area contributed by atoms with E-state index in [1.807, 2.05) is 30.3 Å². The van der Waals surface area contributed by atoms with Gasteiger partial charge in [0, 0.05) is 5.56 Å². The molecule has 0 saturated carbocycles. The van der Waals surface area contributed by atoms with Crippen LogP contribution in [0.15, 0.2) is 71.3 Å². The van der Waals surface area contributed by atoms with Crippen LogP contribution in [0.2, 0.25) is 10.0 Å². The molecule has 4 rings (SSSR count). The zero-order valence-corrected chi connectivity index (χ0v) is 15.3. The van der Waals surface area contributed by atoms with Crippen molar-refractivity contribution in [3.05, 3.63) is 82.6 Å². The Morgan fingerprint density at radius 3 is 2.33 bits per heavy atom. The van der Waals surface area contributed by atoms with Gasteiger partial charge in [-0.1, -0.05) is 64.8 Å². The Bertz CT molecular complexity index is 1110. The van der Waals surface area contributed by atoms with E-state index in [2.05, 4.69) is 5.16 Å². The zero-order chi connectivity index (χ0) is 19.0. The largest absolute Gasteiger partial charge is 0.508 e. The summed E-state index contributed by atoms with van der Waals surface area (Å²) in [5.74, 6) is -0.112. The molecule has 0 unspecified atom stereocenters. The number of hydrogen-bond acceptors (Lipinski definition) is 3. The molecule has 0 aliphatic rings. The minimum Gasteiger partial charge on any atom is -0.508 e. The van der Waals surface area contributed by atoms with Crippen LogP contribution in [0.5, 0.6) is 5.75 Å². The molecule has 0 atom stereocenters. The lowest BCUT2D eigenvalue weighted by atomic mass is 9.96. The van der Waals surface area contributed by atoms with Gasteiger partial charge in [0.1, 0.15) is 17.3 Å². The van der Waals surface area contributed by atoms with E-state index in [4.69, 9.17) is 27.7 Å². The third-order valence-corrected chi connectivity index (χ3v) is 4.78. The number of benzene rings is 3. The van der Waals surface area contributed by atoms with Gasteiger partial charge >= 0.3 is 0 Å². The van der Waals surface area contributed by atoms with Gasteiger partial charge in [0.05, 0.1) is 21.2 Å². The Labute approximate surface area is 164 Å². The fourth-order valence-electron chi connectivity index (χ4n) is 2.93. The van der Waals surface area contributed by atoms with Crippen LogP contribution in [0.3, 0.4) is 0 Å². The maximum absolute atomic E-state index is 14.6. The summed E-state index contributed by atoms with van der Waals surface area (Å²) in [4.78, 5) is 0. The van der Waals surface area contributed by atoms with Crippen molar-refractivity contribution in [1.29, 1.82) is 0 Å². The second-order valence-electron chi connectivity index (χ2n) is 5.86. The average Bonchev–Trinajstić information content (AvgIpc) is 3.06. The summed E-state index contributed by atoms with van der Waals surface area (Å²) in [5.41, 5.74) is 2.30. The summed E-state index contributed by atoms with van der Waals surface area (Å²) in [6.07, 6.45) is 0. The number of rotatable bonds is 3. The highest BCUT2D eigenvalue weighted by atomic mass is 35.5. The van der Waals surface area contributed by atoms with Crippen LogP contribution in [0.1, 0.15) is 0 Å². The van der Waals surface area contributed by atoms with Crippen molar-refractivity contribution >= 4 is 23.2 Å². The predicted molar refractivity (Wildman–Crippen MR) is 104 cm³/mol.